The topological polar surface area (TPSA) is 0 Å². The molecule has 0 unspecified atom stereocenters. The molecular formula is C24H28. The van der Waals surface area contributed by atoms with Crippen LogP contribution in [0.5, 0.6) is 0 Å². The number of hydrogen-bond acceptors (Lipinski definition) is 0. The second-order valence-electron chi connectivity index (χ2n) is 7.03. The summed E-state index contributed by atoms with van der Waals surface area (Å²) in [5.74, 6) is 0. The Labute approximate surface area is 147 Å². The fourth-order valence-electron chi connectivity index (χ4n) is 2.50. The molecule has 0 saturated heterocycles. The summed E-state index contributed by atoms with van der Waals surface area (Å²) in [4.78, 5) is 0. The minimum Gasteiger partial charge on any atom is -0.0622 e. The van der Waals surface area contributed by atoms with Crippen molar-refractivity contribution < 1.29 is 0 Å². The van der Waals surface area contributed by atoms with Crippen LogP contribution in [0.2, 0.25) is 0 Å². The number of aryl methyl sites for hydroxylation is 1. The Bertz CT molecular complexity index is 664. The third-order valence-electron chi connectivity index (χ3n) is 4.11. The Kier molecular flexibility index (Phi) is 6.37. The Morgan fingerprint density at radius 2 is 1.00 bits per heavy atom. The summed E-state index contributed by atoms with van der Waals surface area (Å²) in [5, 5.41) is 0. The molecule has 124 valence electrons. The van der Waals surface area contributed by atoms with Crippen molar-refractivity contribution in [1.29, 1.82) is 0 Å². The average Bonchev–Trinajstić information content (AvgIpc) is 2.63. The molecule has 0 radical (unpaired) electrons. The summed E-state index contributed by atoms with van der Waals surface area (Å²) in [7, 11) is 0. The third kappa shape index (κ3) is 5.38. The number of benzene rings is 3. The zero-order chi connectivity index (χ0) is 17.4. The van der Waals surface area contributed by atoms with Crippen molar-refractivity contribution in [3.05, 3.63) is 96.1 Å². The SMILES string of the molecule is CCc1ccc(C(C)(C)C)cc1.c1ccc(-c2ccccc2)cc1. The van der Waals surface area contributed by atoms with Crippen LogP contribution in [0.3, 0.4) is 0 Å². The second-order valence-corrected chi connectivity index (χ2v) is 7.03. The van der Waals surface area contributed by atoms with Gasteiger partial charge in [0.2, 0.25) is 0 Å². The fraction of sp³-hybridized carbons (Fsp3) is 0.250. The van der Waals surface area contributed by atoms with Gasteiger partial charge in [-0.25, -0.2) is 0 Å². The van der Waals surface area contributed by atoms with Crippen LogP contribution in [0, 0.1) is 0 Å². The highest BCUT2D eigenvalue weighted by Gasteiger charge is 2.12. The molecule has 0 heteroatoms. The van der Waals surface area contributed by atoms with E-state index in [0.717, 1.165) is 6.42 Å². The monoisotopic (exact) mass is 316 g/mol. The molecule has 0 atom stereocenters. The molecule has 3 aromatic carbocycles. The van der Waals surface area contributed by atoms with Crippen LogP contribution < -0.4 is 0 Å². The lowest BCUT2D eigenvalue weighted by molar-refractivity contribution is 0.590. The van der Waals surface area contributed by atoms with Gasteiger partial charge in [-0.1, -0.05) is 113 Å². The number of rotatable bonds is 2. The Hall–Kier alpha value is -2.34. The first-order chi connectivity index (χ1) is 11.5. The molecule has 0 amide bonds. The summed E-state index contributed by atoms with van der Waals surface area (Å²) < 4.78 is 0. The van der Waals surface area contributed by atoms with Crippen LogP contribution >= 0.6 is 0 Å². The van der Waals surface area contributed by atoms with Gasteiger partial charge in [0.25, 0.3) is 0 Å². The van der Waals surface area contributed by atoms with Crippen LogP contribution in [0.25, 0.3) is 11.1 Å². The van der Waals surface area contributed by atoms with Crippen molar-refractivity contribution in [1.82, 2.24) is 0 Å². The quantitative estimate of drug-likeness (QED) is 0.482. The first-order valence-electron chi connectivity index (χ1n) is 8.70. The van der Waals surface area contributed by atoms with E-state index in [0.29, 0.717) is 0 Å². The maximum atomic E-state index is 2.24. The minimum atomic E-state index is 0.284. The van der Waals surface area contributed by atoms with Gasteiger partial charge < -0.3 is 0 Å². The lowest BCUT2D eigenvalue weighted by atomic mass is 9.86. The van der Waals surface area contributed by atoms with E-state index in [2.05, 4.69) is 100 Å². The van der Waals surface area contributed by atoms with Crippen molar-refractivity contribution in [2.24, 2.45) is 0 Å². The van der Waals surface area contributed by atoms with Crippen molar-refractivity contribution in [2.75, 3.05) is 0 Å². The molecule has 0 bridgehead atoms. The summed E-state index contributed by atoms with van der Waals surface area (Å²) >= 11 is 0. The predicted octanol–water partition coefficient (Wildman–Crippen LogP) is 6.90. The van der Waals surface area contributed by atoms with E-state index >= 15 is 0 Å². The Balaban J connectivity index is 0.000000174. The first-order valence-corrected chi connectivity index (χ1v) is 8.70. The molecule has 0 aromatic heterocycles. The molecule has 0 spiro atoms. The Morgan fingerprint density at radius 1 is 0.583 bits per heavy atom. The summed E-state index contributed by atoms with van der Waals surface area (Å²) in [6.45, 7) is 8.92. The van der Waals surface area contributed by atoms with Crippen LogP contribution in [0.1, 0.15) is 38.8 Å². The molecule has 0 aliphatic carbocycles. The van der Waals surface area contributed by atoms with Gasteiger partial charge in [0, 0.05) is 0 Å². The van der Waals surface area contributed by atoms with Crippen LogP contribution in [-0.4, -0.2) is 0 Å². The standard InChI is InChI=1S/C12H10.C12H18/c1-3-7-11(8-4-1)12-9-5-2-6-10-12;1-5-10-6-8-11(9-7-10)12(2,3)4/h1-10H;6-9H,5H2,1-4H3. The fourth-order valence-corrected chi connectivity index (χ4v) is 2.50. The molecule has 0 N–H and O–H groups in total. The zero-order valence-electron chi connectivity index (χ0n) is 15.3. The summed E-state index contributed by atoms with van der Waals surface area (Å²) in [6.07, 6.45) is 1.13. The van der Waals surface area contributed by atoms with E-state index < -0.39 is 0 Å². The van der Waals surface area contributed by atoms with Crippen molar-refractivity contribution >= 4 is 0 Å². The van der Waals surface area contributed by atoms with Gasteiger partial charge in [-0.3, -0.25) is 0 Å². The van der Waals surface area contributed by atoms with Crippen LogP contribution in [0.4, 0.5) is 0 Å². The zero-order valence-corrected chi connectivity index (χ0v) is 15.3. The maximum absolute atomic E-state index is 2.24. The highest BCUT2D eigenvalue weighted by atomic mass is 14.2. The van der Waals surface area contributed by atoms with Gasteiger partial charge in [0.1, 0.15) is 0 Å². The summed E-state index contributed by atoms with van der Waals surface area (Å²) in [5.41, 5.74) is 5.67. The maximum Gasteiger partial charge on any atom is -0.0132 e. The van der Waals surface area contributed by atoms with E-state index in [-0.39, 0.29) is 5.41 Å². The highest BCUT2D eigenvalue weighted by molar-refractivity contribution is 5.62. The molecule has 24 heavy (non-hydrogen) atoms. The van der Waals surface area contributed by atoms with E-state index in [4.69, 9.17) is 0 Å². The highest BCUT2D eigenvalue weighted by Crippen LogP contribution is 2.22. The number of hydrogen-bond donors (Lipinski definition) is 0. The van der Waals surface area contributed by atoms with Crippen molar-refractivity contribution in [3.63, 3.8) is 0 Å². The van der Waals surface area contributed by atoms with E-state index in [9.17, 15) is 0 Å². The minimum absolute atomic E-state index is 0.284. The van der Waals surface area contributed by atoms with E-state index in [1.165, 1.54) is 22.3 Å². The predicted molar refractivity (Wildman–Crippen MR) is 106 cm³/mol. The van der Waals surface area contributed by atoms with Crippen molar-refractivity contribution in [3.8, 4) is 11.1 Å². The molecule has 3 rings (SSSR count). The van der Waals surface area contributed by atoms with E-state index in [1.54, 1.807) is 0 Å². The van der Waals surface area contributed by atoms with Crippen molar-refractivity contribution in [2.45, 2.75) is 39.5 Å². The summed E-state index contributed by atoms with van der Waals surface area (Å²) in [6, 6.07) is 29.7. The molecule has 0 heterocycles. The lowest BCUT2D eigenvalue weighted by Gasteiger charge is -2.18. The molecule has 3 aromatic rings. The van der Waals surface area contributed by atoms with Gasteiger partial charge in [0.05, 0.1) is 0 Å². The molecule has 0 fully saturated rings. The molecule has 0 nitrogen and oxygen atoms in total. The smallest absolute Gasteiger partial charge is 0.0132 e. The van der Waals surface area contributed by atoms with Crippen LogP contribution in [0.15, 0.2) is 84.9 Å². The van der Waals surface area contributed by atoms with Gasteiger partial charge in [-0.15, -0.1) is 0 Å². The second kappa shape index (κ2) is 8.49. The third-order valence-corrected chi connectivity index (χ3v) is 4.11. The molecule has 0 aliphatic rings. The normalized spacial score (nSPS) is 10.7. The van der Waals surface area contributed by atoms with E-state index in [1.807, 2.05) is 12.1 Å². The van der Waals surface area contributed by atoms with Gasteiger partial charge in [-0.05, 0) is 34.1 Å². The molecule has 0 aliphatic heterocycles. The molecule has 0 saturated carbocycles. The molecular weight excluding hydrogens is 288 g/mol. The van der Waals surface area contributed by atoms with Gasteiger partial charge in [0.15, 0.2) is 0 Å². The lowest BCUT2D eigenvalue weighted by Crippen LogP contribution is -2.10. The van der Waals surface area contributed by atoms with Crippen LogP contribution in [-0.2, 0) is 11.8 Å². The largest absolute Gasteiger partial charge is 0.0622 e. The Morgan fingerprint density at radius 3 is 1.33 bits per heavy atom. The van der Waals surface area contributed by atoms with Gasteiger partial charge in [-0.2, -0.15) is 0 Å². The van der Waals surface area contributed by atoms with Gasteiger partial charge >= 0.3 is 0 Å². The average molecular weight is 316 g/mol. The first kappa shape index (κ1) is 18.0.